The van der Waals surface area contributed by atoms with E-state index in [1.165, 1.54) is 5.56 Å². The summed E-state index contributed by atoms with van der Waals surface area (Å²) in [4.78, 5) is 44.8. The topological polar surface area (TPSA) is 116 Å². The largest absolute Gasteiger partial charge is 0.444 e. The fraction of sp³-hybridized carbons (Fsp3) is 0.333. The number of rotatable bonds is 7. The quantitative estimate of drug-likeness (QED) is 0.212. The monoisotopic (exact) mass is 603 g/mol. The number of aromatic amines is 1. The van der Waals surface area contributed by atoms with Crippen molar-refractivity contribution in [3.05, 3.63) is 89.0 Å². The molecule has 45 heavy (non-hydrogen) atoms. The number of hydrogen-bond acceptors (Lipinski definition) is 5. The lowest BCUT2D eigenvalue weighted by Gasteiger charge is -2.38. The Morgan fingerprint density at radius 1 is 1.04 bits per heavy atom. The smallest absolute Gasteiger partial charge is 0.410 e. The maximum absolute atomic E-state index is 13.2. The molecule has 7 rings (SSSR count). The van der Waals surface area contributed by atoms with Crippen LogP contribution in [0.15, 0.2) is 71.8 Å². The van der Waals surface area contributed by atoms with Crippen LogP contribution < -0.4 is 10.7 Å². The summed E-state index contributed by atoms with van der Waals surface area (Å²) >= 11 is 0. The standard InChI is InChI=1S/C36H37N5O4/c1-36(2,3)45-35(44)41(25-13-8-14-25)20-21-9-7-12-23(15-21)32-29-19-37-40-34(43)28-16-24(17-30(39-32)31(28)29)38-33(42)27-18-26(27)22-10-5-4-6-11-22/h4-7,9-12,15-17,19,25-27,39H,8,13-14,18,20H2,1-3H3,(H,38,42)(H,40,43)/t26-,27+/m0/s1. The summed E-state index contributed by atoms with van der Waals surface area (Å²) in [5.74, 6) is -0.286. The lowest BCUT2D eigenvalue weighted by Crippen LogP contribution is -2.46. The number of ether oxygens (including phenoxy) is 1. The van der Waals surface area contributed by atoms with Crippen LogP contribution in [-0.4, -0.2) is 45.6 Å². The SMILES string of the molecule is CC(C)(C)OC(=O)N(Cc1cccc(-c2[nH]c3cc(NC(=O)[C@@H]4C[C@H]4c4ccccc4)cc4c3c2C=NNC4=O)c1)C1CCC1. The number of benzene rings is 3. The molecule has 3 N–H and O–H groups in total. The third kappa shape index (κ3) is 5.82. The van der Waals surface area contributed by atoms with Crippen LogP contribution in [0.2, 0.25) is 0 Å². The van der Waals surface area contributed by atoms with Gasteiger partial charge in [-0.2, -0.15) is 5.10 Å². The van der Waals surface area contributed by atoms with E-state index >= 15 is 0 Å². The highest BCUT2D eigenvalue weighted by molar-refractivity contribution is 6.18. The summed E-state index contributed by atoms with van der Waals surface area (Å²) in [5, 5.41) is 7.99. The molecule has 3 aromatic carbocycles. The molecule has 9 heteroatoms. The summed E-state index contributed by atoms with van der Waals surface area (Å²) in [7, 11) is 0. The number of nitrogens with one attached hydrogen (secondary N) is 3. The first-order chi connectivity index (χ1) is 21.6. The van der Waals surface area contributed by atoms with Gasteiger partial charge in [-0.05, 0) is 87.3 Å². The van der Waals surface area contributed by atoms with Gasteiger partial charge in [0, 0.05) is 40.7 Å². The number of amides is 3. The van der Waals surface area contributed by atoms with Crippen LogP contribution in [0.4, 0.5) is 10.5 Å². The first-order valence-corrected chi connectivity index (χ1v) is 15.6. The van der Waals surface area contributed by atoms with Gasteiger partial charge in [0.15, 0.2) is 0 Å². The molecule has 2 aliphatic carbocycles. The van der Waals surface area contributed by atoms with Crippen molar-refractivity contribution in [3.63, 3.8) is 0 Å². The van der Waals surface area contributed by atoms with E-state index in [0.29, 0.717) is 17.8 Å². The number of carbonyl (C=O) groups excluding carboxylic acids is 3. The molecule has 0 spiro atoms. The normalized spacial score (nSPS) is 19.0. The van der Waals surface area contributed by atoms with Crippen LogP contribution in [0, 0.1) is 5.92 Å². The summed E-state index contributed by atoms with van der Waals surface area (Å²) in [6.45, 7) is 6.08. The number of hydrazone groups is 1. The van der Waals surface area contributed by atoms with Gasteiger partial charge in [-0.25, -0.2) is 10.2 Å². The van der Waals surface area contributed by atoms with Crippen LogP contribution in [0.25, 0.3) is 22.2 Å². The summed E-state index contributed by atoms with van der Waals surface area (Å²) < 4.78 is 5.75. The average Bonchev–Trinajstić information content (AvgIpc) is 3.73. The zero-order valence-electron chi connectivity index (χ0n) is 25.7. The Morgan fingerprint density at radius 3 is 2.58 bits per heavy atom. The molecular formula is C36H37N5O4. The second-order valence-corrected chi connectivity index (χ2v) is 13.3. The highest BCUT2D eigenvalue weighted by atomic mass is 16.6. The van der Waals surface area contributed by atoms with Crippen LogP contribution in [-0.2, 0) is 16.1 Å². The minimum absolute atomic E-state index is 0.0543. The van der Waals surface area contributed by atoms with E-state index in [-0.39, 0.29) is 35.8 Å². The van der Waals surface area contributed by atoms with E-state index in [1.54, 1.807) is 12.3 Å². The van der Waals surface area contributed by atoms with Crippen LogP contribution in [0.3, 0.4) is 0 Å². The number of nitrogens with zero attached hydrogens (tertiary/aromatic N) is 2. The van der Waals surface area contributed by atoms with Crippen molar-refractivity contribution in [1.82, 2.24) is 15.3 Å². The van der Waals surface area contributed by atoms with Crippen LogP contribution >= 0.6 is 0 Å². The Hall–Kier alpha value is -4.92. The van der Waals surface area contributed by atoms with Crippen LogP contribution in [0.5, 0.6) is 0 Å². The molecule has 230 valence electrons. The second kappa shape index (κ2) is 11.2. The Labute approximate surface area is 262 Å². The summed E-state index contributed by atoms with van der Waals surface area (Å²) in [6, 6.07) is 21.9. The maximum atomic E-state index is 13.2. The van der Waals surface area contributed by atoms with Crippen molar-refractivity contribution in [2.75, 3.05) is 5.32 Å². The molecule has 2 saturated carbocycles. The van der Waals surface area contributed by atoms with E-state index in [0.717, 1.165) is 59.0 Å². The van der Waals surface area contributed by atoms with Gasteiger partial charge in [0.1, 0.15) is 5.60 Å². The van der Waals surface area contributed by atoms with Gasteiger partial charge in [-0.3, -0.25) is 9.59 Å². The van der Waals surface area contributed by atoms with Gasteiger partial charge in [-0.1, -0.05) is 48.5 Å². The molecule has 0 unspecified atom stereocenters. The molecule has 4 aromatic rings. The Kier molecular flexibility index (Phi) is 7.19. The molecule has 9 nitrogen and oxygen atoms in total. The van der Waals surface area contributed by atoms with Crippen molar-refractivity contribution >= 4 is 40.7 Å². The Balaban J connectivity index is 1.18. The van der Waals surface area contributed by atoms with E-state index in [9.17, 15) is 14.4 Å². The molecule has 1 aromatic heterocycles. The third-order valence-electron chi connectivity index (χ3n) is 8.88. The number of aromatic nitrogens is 1. The highest BCUT2D eigenvalue weighted by Gasteiger charge is 2.44. The van der Waals surface area contributed by atoms with E-state index in [1.807, 2.05) is 68.1 Å². The minimum atomic E-state index is -0.574. The van der Waals surface area contributed by atoms with Gasteiger partial charge < -0.3 is 19.9 Å². The van der Waals surface area contributed by atoms with Crippen molar-refractivity contribution in [3.8, 4) is 11.3 Å². The molecule has 2 atom stereocenters. The average molecular weight is 604 g/mol. The molecule has 2 fully saturated rings. The van der Waals surface area contributed by atoms with E-state index in [4.69, 9.17) is 4.74 Å². The van der Waals surface area contributed by atoms with Crippen molar-refractivity contribution in [2.45, 2.75) is 70.6 Å². The minimum Gasteiger partial charge on any atom is -0.444 e. The lowest BCUT2D eigenvalue weighted by molar-refractivity contribution is -0.117. The van der Waals surface area contributed by atoms with Crippen molar-refractivity contribution in [2.24, 2.45) is 11.0 Å². The first-order valence-electron chi connectivity index (χ1n) is 15.6. The molecule has 0 radical (unpaired) electrons. The number of hydrogen-bond donors (Lipinski definition) is 3. The highest BCUT2D eigenvalue weighted by Crippen LogP contribution is 2.48. The molecule has 0 bridgehead atoms. The molecule has 1 aliphatic heterocycles. The fourth-order valence-corrected chi connectivity index (χ4v) is 6.35. The second-order valence-electron chi connectivity index (χ2n) is 13.3. The maximum Gasteiger partial charge on any atom is 0.410 e. The lowest BCUT2D eigenvalue weighted by atomic mass is 9.91. The van der Waals surface area contributed by atoms with Crippen LogP contribution in [0.1, 0.15) is 79.4 Å². The van der Waals surface area contributed by atoms with Crippen molar-refractivity contribution < 1.29 is 19.1 Å². The Morgan fingerprint density at radius 2 is 1.84 bits per heavy atom. The predicted molar refractivity (Wildman–Crippen MR) is 174 cm³/mol. The van der Waals surface area contributed by atoms with Gasteiger partial charge >= 0.3 is 6.09 Å². The summed E-state index contributed by atoms with van der Waals surface area (Å²) in [6.07, 6.45) is 5.21. The molecular weight excluding hydrogens is 566 g/mol. The molecule has 0 saturated heterocycles. The molecule has 2 heterocycles. The fourth-order valence-electron chi connectivity index (χ4n) is 6.35. The number of H-pyrrole nitrogens is 1. The first kappa shape index (κ1) is 28.8. The third-order valence-corrected chi connectivity index (χ3v) is 8.88. The Bertz CT molecular complexity index is 1830. The van der Waals surface area contributed by atoms with Gasteiger partial charge in [0.2, 0.25) is 5.91 Å². The number of carbonyl (C=O) groups is 3. The molecule has 3 aliphatic rings. The molecule has 3 amide bonds. The zero-order chi connectivity index (χ0) is 31.3. The number of anilines is 1. The van der Waals surface area contributed by atoms with Crippen molar-refractivity contribution in [1.29, 1.82) is 0 Å². The van der Waals surface area contributed by atoms with Gasteiger partial charge in [0.25, 0.3) is 5.91 Å². The zero-order valence-corrected chi connectivity index (χ0v) is 25.7. The van der Waals surface area contributed by atoms with Gasteiger partial charge in [-0.15, -0.1) is 0 Å². The van der Waals surface area contributed by atoms with E-state index in [2.05, 4.69) is 39.0 Å². The van der Waals surface area contributed by atoms with Gasteiger partial charge in [0.05, 0.1) is 17.5 Å². The predicted octanol–water partition coefficient (Wildman–Crippen LogP) is 6.94. The van der Waals surface area contributed by atoms with E-state index < -0.39 is 5.60 Å². The summed E-state index contributed by atoms with van der Waals surface area (Å²) in [5.41, 5.74) is 8.36.